The normalized spacial score (nSPS) is 23.2. The van der Waals surface area contributed by atoms with Gasteiger partial charge in [0.05, 0.1) is 0 Å². The molecular weight excluding hydrogens is 298 g/mol. The summed E-state index contributed by atoms with van der Waals surface area (Å²) in [7, 11) is 0. The summed E-state index contributed by atoms with van der Waals surface area (Å²) < 4.78 is 0. The Bertz CT molecular complexity index is 689. The monoisotopic (exact) mass is 321 g/mol. The van der Waals surface area contributed by atoms with E-state index in [4.69, 9.17) is 0 Å². The van der Waals surface area contributed by atoms with Crippen LogP contribution in [-0.2, 0) is 6.54 Å². The van der Waals surface area contributed by atoms with Crippen LogP contribution in [0.1, 0.15) is 30.1 Å². The van der Waals surface area contributed by atoms with Gasteiger partial charge in [-0.1, -0.05) is 60.7 Å². The fraction of sp³-hybridized carbons (Fsp3) is 0.350. The number of nitrogens with one attached hydrogen (secondary N) is 1. The smallest absolute Gasteiger partial charge is 0.319 e. The minimum atomic E-state index is 0.0297. The highest BCUT2D eigenvalue weighted by atomic mass is 16.2. The van der Waals surface area contributed by atoms with Crippen molar-refractivity contribution in [3.63, 3.8) is 0 Å². The molecule has 4 nitrogen and oxygen atoms in total. The fourth-order valence-electron chi connectivity index (χ4n) is 3.95. The molecule has 2 aromatic rings. The number of benzene rings is 2. The van der Waals surface area contributed by atoms with E-state index in [1.54, 1.807) is 0 Å². The van der Waals surface area contributed by atoms with Gasteiger partial charge >= 0.3 is 6.03 Å². The molecule has 2 aromatic carbocycles. The summed E-state index contributed by atoms with van der Waals surface area (Å²) in [6.07, 6.45) is 2.48. The standard InChI is InChI=1S/C20H23N3O/c24-20(21-14-16-8-3-1-4-9-16)23-15-18-12-7-13-22(18)19(23)17-10-5-2-6-11-17/h1-6,8-11,18-19H,7,12-15H2,(H,21,24). The van der Waals surface area contributed by atoms with Crippen LogP contribution in [0.3, 0.4) is 0 Å². The van der Waals surface area contributed by atoms with Gasteiger partial charge in [0.25, 0.3) is 0 Å². The second-order valence-electron chi connectivity index (χ2n) is 6.61. The first-order valence-corrected chi connectivity index (χ1v) is 8.72. The fourth-order valence-corrected chi connectivity index (χ4v) is 3.95. The van der Waals surface area contributed by atoms with Crippen molar-refractivity contribution >= 4 is 6.03 Å². The predicted molar refractivity (Wildman–Crippen MR) is 94.3 cm³/mol. The van der Waals surface area contributed by atoms with Crippen LogP contribution in [0.5, 0.6) is 0 Å². The van der Waals surface area contributed by atoms with Gasteiger partial charge in [0.15, 0.2) is 0 Å². The van der Waals surface area contributed by atoms with Crippen LogP contribution >= 0.6 is 0 Å². The number of amides is 2. The molecule has 4 heteroatoms. The highest BCUT2D eigenvalue weighted by Gasteiger charge is 2.44. The molecule has 0 aliphatic carbocycles. The number of carbonyl (C=O) groups is 1. The Hall–Kier alpha value is -2.33. The number of carbonyl (C=O) groups excluding carboxylic acids is 1. The Morgan fingerprint density at radius 1 is 1.04 bits per heavy atom. The molecule has 2 aliphatic heterocycles. The first-order valence-electron chi connectivity index (χ1n) is 8.72. The van der Waals surface area contributed by atoms with Crippen molar-refractivity contribution in [1.82, 2.24) is 15.1 Å². The molecule has 0 saturated carbocycles. The quantitative estimate of drug-likeness (QED) is 0.941. The minimum Gasteiger partial charge on any atom is -0.334 e. The number of hydrogen-bond donors (Lipinski definition) is 1. The maximum atomic E-state index is 12.8. The maximum absolute atomic E-state index is 12.8. The number of fused-ring (bicyclic) bond motifs is 1. The zero-order chi connectivity index (χ0) is 16.4. The van der Waals surface area contributed by atoms with Gasteiger partial charge in [0.2, 0.25) is 0 Å². The van der Waals surface area contributed by atoms with Gasteiger partial charge in [0, 0.05) is 25.7 Å². The Labute approximate surface area is 143 Å². The SMILES string of the molecule is O=C(NCc1ccccc1)N1CC2CCCN2C1c1ccccc1. The van der Waals surface area contributed by atoms with Crippen molar-refractivity contribution < 1.29 is 4.79 Å². The summed E-state index contributed by atoms with van der Waals surface area (Å²) in [5.41, 5.74) is 2.33. The van der Waals surface area contributed by atoms with Gasteiger partial charge in [-0.15, -0.1) is 0 Å². The second-order valence-corrected chi connectivity index (χ2v) is 6.61. The van der Waals surface area contributed by atoms with E-state index in [0.29, 0.717) is 12.6 Å². The third-order valence-electron chi connectivity index (χ3n) is 5.08. The molecule has 2 saturated heterocycles. The van der Waals surface area contributed by atoms with E-state index in [0.717, 1.165) is 18.7 Å². The number of rotatable bonds is 3. The van der Waals surface area contributed by atoms with Crippen LogP contribution in [0.25, 0.3) is 0 Å². The van der Waals surface area contributed by atoms with E-state index >= 15 is 0 Å². The molecule has 2 fully saturated rings. The topological polar surface area (TPSA) is 35.6 Å². The van der Waals surface area contributed by atoms with Gasteiger partial charge in [-0.25, -0.2) is 4.79 Å². The summed E-state index contributed by atoms with van der Waals surface area (Å²) in [4.78, 5) is 17.3. The molecule has 2 unspecified atom stereocenters. The molecule has 2 heterocycles. The Morgan fingerprint density at radius 2 is 1.75 bits per heavy atom. The first-order chi connectivity index (χ1) is 11.8. The minimum absolute atomic E-state index is 0.0297. The van der Waals surface area contributed by atoms with Crippen LogP contribution in [-0.4, -0.2) is 35.0 Å². The zero-order valence-electron chi connectivity index (χ0n) is 13.8. The van der Waals surface area contributed by atoms with Gasteiger partial charge in [-0.3, -0.25) is 4.90 Å². The Morgan fingerprint density at radius 3 is 2.50 bits per heavy atom. The summed E-state index contributed by atoms with van der Waals surface area (Å²) in [5, 5.41) is 3.09. The summed E-state index contributed by atoms with van der Waals surface area (Å²) >= 11 is 0. The lowest BCUT2D eigenvalue weighted by Gasteiger charge is -2.30. The lowest BCUT2D eigenvalue weighted by atomic mass is 10.1. The molecule has 0 radical (unpaired) electrons. The van der Waals surface area contributed by atoms with Crippen LogP contribution < -0.4 is 5.32 Å². The van der Waals surface area contributed by atoms with Crippen molar-refractivity contribution in [3.05, 3.63) is 71.8 Å². The summed E-state index contributed by atoms with van der Waals surface area (Å²) in [6, 6.07) is 21.0. The van der Waals surface area contributed by atoms with E-state index in [9.17, 15) is 4.79 Å². The molecule has 0 bridgehead atoms. The first kappa shape index (κ1) is 15.2. The van der Waals surface area contributed by atoms with Crippen LogP contribution in [0.4, 0.5) is 4.79 Å². The number of nitrogens with zero attached hydrogens (tertiary/aromatic N) is 2. The lowest BCUT2D eigenvalue weighted by Crippen LogP contribution is -2.41. The van der Waals surface area contributed by atoms with Crippen molar-refractivity contribution in [2.75, 3.05) is 13.1 Å². The molecule has 0 aromatic heterocycles. The maximum Gasteiger partial charge on any atom is 0.319 e. The molecule has 0 spiro atoms. The van der Waals surface area contributed by atoms with E-state index in [-0.39, 0.29) is 12.2 Å². The van der Waals surface area contributed by atoms with Gasteiger partial charge < -0.3 is 10.2 Å². The molecule has 124 valence electrons. The van der Waals surface area contributed by atoms with Crippen LogP contribution in [0.2, 0.25) is 0 Å². The average molecular weight is 321 g/mol. The third-order valence-corrected chi connectivity index (χ3v) is 5.08. The third kappa shape index (κ3) is 2.89. The molecule has 2 aliphatic rings. The predicted octanol–water partition coefficient (Wildman–Crippen LogP) is 3.38. The average Bonchev–Trinajstić information content (AvgIpc) is 3.22. The molecule has 2 atom stereocenters. The largest absolute Gasteiger partial charge is 0.334 e. The highest BCUT2D eigenvalue weighted by Crippen LogP contribution is 2.38. The van der Waals surface area contributed by atoms with Gasteiger partial charge in [-0.2, -0.15) is 0 Å². The van der Waals surface area contributed by atoms with E-state index in [1.807, 2.05) is 41.3 Å². The number of urea groups is 1. The van der Waals surface area contributed by atoms with E-state index in [1.165, 1.54) is 18.4 Å². The Balaban J connectivity index is 1.51. The van der Waals surface area contributed by atoms with E-state index in [2.05, 4.69) is 34.5 Å². The van der Waals surface area contributed by atoms with Gasteiger partial charge in [-0.05, 0) is 24.0 Å². The van der Waals surface area contributed by atoms with Gasteiger partial charge in [0.1, 0.15) is 6.17 Å². The molecule has 4 rings (SSSR count). The van der Waals surface area contributed by atoms with Crippen molar-refractivity contribution in [1.29, 1.82) is 0 Å². The molecule has 24 heavy (non-hydrogen) atoms. The Kier molecular flexibility index (Phi) is 4.22. The molecule has 2 amide bonds. The van der Waals surface area contributed by atoms with Crippen molar-refractivity contribution in [3.8, 4) is 0 Å². The number of hydrogen-bond acceptors (Lipinski definition) is 2. The second kappa shape index (κ2) is 6.65. The summed E-state index contributed by atoms with van der Waals surface area (Å²) in [6.45, 7) is 2.47. The van der Waals surface area contributed by atoms with Crippen LogP contribution in [0.15, 0.2) is 60.7 Å². The lowest BCUT2D eigenvalue weighted by molar-refractivity contribution is 0.145. The summed E-state index contributed by atoms with van der Waals surface area (Å²) in [5.74, 6) is 0. The van der Waals surface area contributed by atoms with Crippen molar-refractivity contribution in [2.45, 2.75) is 31.6 Å². The van der Waals surface area contributed by atoms with Crippen LogP contribution in [0, 0.1) is 0 Å². The van der Waals surface area contributed by atoms with E-state index < -0.39 is 0 Å². The zero-order valence-corrected chi connectivity index (χ0v) is 13.8. The molecule has 1 N–H and O–H groups in total. The van der Waals surface area contributed by atoms with Crippen molar-refractivity contribution in [2.24, 2.45) is 0 Å². The highest BCUT2D eigenvalue weighted by molar-refractivity contribution is 5.75. The molecular formula is C20H23N3O.